The Balaban J connectivity index is 2.36. The molecule has 1 aromatic heterocycles. The van der Waals surface area contributed by atoms with Gasteiger partial charge < -0.3 is 25.2 Å². The Morgan fingerprint density at radius 2 is 1.95 bits per heavy atom. The minimum atomic E-state index is -1.19. The summed E-state index contributed by atoms with van der Waals surface area (Å²) in [4.78, 5) is 21.5. The van der Waals surface area contributed by atoms with Gasteiger partial charge in [0.15, 0.2) is 12.4 Å². The van der Waals surface area contributed by atoms with Gasteiger partial charge in [-0.2, -0.15) is 0 Å². The SMILES string of the molecule is N[C@H](Cc1c(OCC(=O)O)noc1-c1ccccc1)C(=O)O. The first kappa shape index (κ1) is 15.5. The van der Waals surface area contributed by atoms with Gasteiger partial charge in [0, 0.05) is 12.0 Å². The molecular formula is C14H14N2O6. The number of hydrogen-bond donors (Lipinski definition) is 3. The fourth-order valence-corrected chi connectivity index (χ4v) is 1.84. The molecule has 1 aromatic carbocycles. The number of aliphatic carboxylic acids is 2. The monoisotopic (exact) mass is 306 g/mol. The number of hydrogen-bond acceptors (Lipinski definition) is 6. The highest BCUT2D eigenvalue weighted by atomic mass is 16.5. The summed E-state index contributed by atoms with van der Waals surface area (Å²) in [6.07, 6.45) is -0.0992. The van der Waals surface area contributed by atoms with Gasteiger partial charge in [0.2, 0.25) is 0 Å². The van der Waals surface area contributed by atoms with E-state index in [4.69, 9.17) is 25.2 Å². The zero-order valence-corrected chi connectivity index (χ0v) is 11.4. The van der Waals surface area contributed by atoms with Gasteiger partial charge in [-0.1, -0.05) is 30.3 Å². The maximum absolute atomic E-state index is 10.9. The zero-order chi connectivity index (χ0) is 16.1. The molecule has 0 aliphatic carbocycles. The van der Waals surface area contributed by atoms with Crippen LogP contribution in [-0.4, -0.2) is 40.0 Å². The predicted molar refractivity (Wildman–Crippen MR) is 74.4 cm³/mol. The number of carboxylic acid groups (broad SMARTS) is 2. The van der Waals surface area contributed by atoms with Crippen molar-refractivity contribution < 1.29 is 29.1 Å². The molecule has 22 heavy (non-hydrogen) atoms. The van der Waals surface area contributed by atoms with Crippen LogP contribution in [0.2, 0.25) is 0 Å². The molecule has 0 saturated carbocycles. The smallest absolute Gasteiger partial charge is 0.341 e. The zero-order valence-electron chi connectivity index (χ0n) is 11.4. The lowest BCUT2D eigenvalue weighted by Crippen LogP contribution is -2.32. The van der Waals surface area contributed by atoms with E-state index >= 15 is 0 Å². The Labute approximate surface area is 125 Å². The molecule has 116 valence electrons. The molecule has 0 fully saturated rings. The summed E-state index contributed by atoms with van der Waals surface area (Å²) < 4.78 is 10.2. The summed E-state index contributed by atoms with van der Waals surface area (Å²) in [7, 11) is 0. The lowest BCUT2D eigenvalue weighted by Gasteiger charge is -2.08. The van der Waals surface area contributed by atoms with E-state index in [1.807, 2.05) is 6.07 Å². The fourth-order valence-electron chi connectivity index (χ4n) is 1.84. The normalized spacial score (nSPS) is 11.9. The van der Waals surface area contributed by atoms with E-state index in [9.17, 15) is 9.59 Å². The van der Waals surface area contributed by atoms with E-state index in [2.05, 4.69) is 5.16 Å². The summed E-state index contributed by atoms with van der Waals surface area (Å²) in [5.74, 6) is -2.14. The summed E-state index contributed by atoms with van der Waals surface area (Å²) in [6, 6.07) is 7.67. The highest BCUT2D eigenvalue weighted by Crippen LogP contribution is 2.31. The molecule has 0 bridgehead atoms. The van der Waals surface area contributed by atoms with Gasteiger partial charge in [0.05, 0.1) is 5.56 Å². The minimum absolute atomic E-state index is 0.0713. The predicted octanol–water partition coefficient (Wildman–Crippen LogP) is 0.759. The van der Waals surface area contributed by atoms with Crippen LogP contribution in [0.4, 0.5) is 0 Å². The summed E-state index contributed by atoms with van der Waals surface area (Å²) in [6.45, 7) is -0.615. The van der Waals surface area contributed by atoms with Gasteiger partial charge in [-0.3, -0.25) is 4.79 Å². The number of carbonyl (C=O) groups is 2. The highest BCUT2D eigenvalue weighted by Gasteiger charge is 2.24. The van der Waals surface area contributed by atoms with E-state index in [0.717, 1.165) is 0 Å². The lowest BCUT2D eigenvalue weighted by atomic mass is 10.0. The molecule has 0 aliphatic rings. The molecule has 0 unspecified atom stereocenters. The van der Waals surface area contributed by atoms with E-state index < -0.39 is 24.6 Å². The van der Waals surface area contributed by atoms with Gasteiger partial charge in [0.25, 0.3) is 5.88 Å². The summed E-state index contributed by atoms with van der Waals surface area (Å²) >= 11 is 0. The van der Waals surface area contributed by atoms with Crippen LogP contribution in [0, 0.1) is 0 Å². The molecule has 1 heterocycles. The number of nitrogens with two attached hydrogens (primary N) is 1. The number of ether oxygens (including phenoxy) is 1. The Bertz CT molecular complexity index is 667. The number of carboxylic acids is 2. The first-order valence-electron chi connectivity index (χ1n) is 6.36. The van der Waals surface area contributed by atoms with Crippen LogP contribution in [0.15, 0.2) is 34.9 Å². The topological polar surface area (TPSA) is 136 Å². The number of benzene rings is 1. The van der Waals surface area contributed by atoms with Gasteiger partial charge in [-0.05, 0) is 5.16 Å². The second-order valence-corrected chi connectivity index (χ2v) is 4.49. The molecule has 0 saturated heterocycles. The lowest BCUT2D eigenvalue weighted by molar-refractivity contribution is -0.140. The molecule has 2 aromatic rings. The van der Waals surface area contributed by atoms with Gasteiger partial charge >= 0.3 is 11.9 Å². The Hall–Kier alpha value is -2.87. The van der Waals surface area contributed by atoms with Crippen molar-refractivity contribution >= 4 is 11.9 Å². The largest absolute Gasteiger partial charge is 0.480 e. The van der Waals surface area contributed by atoms with Crippen LogP contribution in [-0.2, 0) is 16.0 Å². The fraction of sp³-hybridized carbons (Fsp3) is 0.214. The third kappa shape index (κ3) is 3.61. The van der Waals surface area contributed by atoms with E-state index in [1.54, 1.807) is 24.3 Å². The molecule has 4 N–H and O–H groups in total. The molecule has 1 atom stereocenters. The van der Waals surface area contributed by atoms with Crippen LogP contribution < -0.4 is 10.5 Å². The van der Waals surface area contributed by atoms with E-state index in [-0.39, 0.29) is 12.3 Å². The molecule has 8 heteroatoms. The Kier molecular flexibility index (Phi) is 4.74. The quantitative estimate of drug-likeness (QED) is 0.682. The van der Waals surface area contributed by atoms with E-state index in [0.29, 0.717) is 16.9 Å². The van der Waals surface area contributed by atoms with E-state index in [1.165, 1.54) is 0 Å². The van der Waals surface area contributed by atoms with Gasteiger partial charge in [0.1, 0.15) is 6.04 Å². The first-order valence-corrected chi connectivity index (χ1v) is 6.36. The molecule has 8 nitrogen and oxygen atoms in total. The van der Waals surface area contributed by atoms with Crippen LogP contribution in [0.3, 0.4) is 0 Å². The van der Waals surface area contributed by atoms with Crippen molar-refractivity contribution in [2.24, 2.45) is 5.73 Å². The molecular weight excluding hydrogens is 292 g/mol. The van der Waals surface area contributed by atoms with Crippen molar-refractivity contribution in [1.82, 2.24) is 5.16 Å². The maximum atomic E-state index is 10.9. The van der Waals surface area contributed by atoms with Crippen LogP contribution >= 0.6 is 0 Å². The van der Waals surface area contributed by atoms with Crippen molar-refractivity contribution in [3.63, 3.8) is 0 Å². The van der Waals surface area contributed by atoms with Crippen LogP contribution in [0.1, 0.15) is 5.56 Å². The maximum Gasteiger partial charge on any atom is 0.341 e. The van der Waals surface area contributed by atoms with Gasteiger partial charge in [-0.25, -0.2) is 4.79 Å². The number of aromatic nitrogens is 1. The van der Waals surface area contributed by atoms with Crippen molar-refractivity contribution in [3.05, 3.63) is 35.9 Å². The van der Waals surface area contributed by atoms with Gasteiger partial charge in [-0.15, -0.1) is 0 Å². The average Bonchev–Trinajstić information content (AvgIpc) is 2.88. The molecule has 0 radical (unpaired) electrons. The molecule has 0 amide bonds. The van der Waals surface area contributed by atoms with Crippen LogP contribution in [0.5, 0.6) is 5.88 Å². The molecule has 0 spiro atoms. The third-order valence-corrected chi connectivity index (χ3v) is 2.86. The van der Waals surface area contributed by atoms with Crippen molar-refractivity contribution in [3.8, 4) is 17.2 Å². The van der Waals surface area contributed by atoms with Crippen molar-refractivity contribution in [1.29, 1.82) is 0 Å². The highest BCUT2D eigenvalue weighted by molar-refractivity contribution is 5.75. The second kappa shape index (κ2) is 6.72. The minimum Gasteiger partial charge on any atom is -0.480 e. The Morgan fingerprint density at radius 3 is 2.55 bits per heavy atom. The first-order chi connectivity index (χ1) is 10.5. The summed E-state index contributed by atoms with van der Waals surface area (Å²) in [5, 5.41) is 21.3. The third-order valence-electron chi connectivity index (χ3n) is 2.86. The number of nitrogens with zero attached hydrogens (tertiary/aromatic N) is 1. The average molecular weight is 306 g/mol. The standard InChI is InChI=1S/C14H14N2O6/c15-10(14(19)20)6-9-12(8-4-2-1-3-5-8)22-16-13(9)21-7-11(17)18/h1-5,10H,6-7,15H2,(H,17,18)(H,19,20)/t10-/m1/s1. The van der Waals surface area contributed by atoms with Crippen LogP contribution in [0.25, 0.3) is 11.3 Å². The molecule has 2 rings (SSSR count). The Morgan fingerprint density at radius 1 is 1.27 bits per heavy atom. The summed E-state index contributed by atoms with van der Waals surface area (Å²) in [5.41, 5.74) is 6.52. The molecule has 0 aliphatic heterocycles. The van der Waals surface area contributed by atoms with Crippen molar-refractivity contribution in [2.75, 3.05) is 6.61 Å². The second-order valence-electron chi connectivity index (χ2n) is 4.49. The number of rotatable bonds is 7. The van der Waals surface area contributed by atoms with Crippen molar-refractivity contribution in [2.45, 2.75) is 12.5 Å².